The van der Waals surface area contributed by atoms with E-state index < -0.39 is 0 Å². The van der Waals surface area contributed by atoms with Crippen molar-refractivity contribution in [2.45, 2.75) is 6.54 Å². The molecule has 2 rings (SSSR count). The number of rotatable bonds is 4. The molecule has 2 aromatic rings. The molecule has 0 fully saturated rings. The molecule has 6 heteroatoms. The van der Waals surface area contributed by atoms with Crippen molar-refractivity contribution in [3.05, 3.63) is 53.5 Å². The number of carbonyl (C=O) groups excluding carboxylic acids is 1. The Labute approximate surface area is 109 Å². The summed E-state index contributed by atoms with van der Waals surface area (Å²) in [6.45, 7) is 0.298. The maximum Gasteiger partial charge on any atom is 0.272 e. The van der Waals surface area contributed by atoms with Gasteiger partial charge in [0.1, 0.15) is 5.82 Å². The van der Waals surface area contributed by atoms with E-state index in [0.29, 0.717) is 12.4 Å². The fraction of sp³-hybridized carbons (Fsp3) is 0.154. The predicted octanol–water partition coefficient (Wildman–Crippen LogP) is 1.55. The van der Waals surface area contributed by atoms with E-state index >= 15 is 0 Å². The average molecular weight is 261 g/mol. The predicted molar refractivity (Wildman–Crippen MR) is 66.2 cm³/mol. The number of methoxy groups -OCH3 is 1. The molecule has 0 atom stereocenters. The minimum Gasteiger partial charge on any atom is -0.480 e. The molecule has 1 aromatic heterocycles. The summed E-state index contributed by atoms with van der Waals surface area (Å²) in [4.78, 5) is 11.8. The maximum absolute atomic E-state index is 12.7. The van der Waals surface area contributed by atoms with E-state index in [2.05, 4.69) is 15.5 Å². The van der Waals surface area contributed by atoms with E-state index in [1.165, 1.54) is 25.3 Å². The number of nitrogens with zero attached hydrogens (tertiary/aromatic N) is 2. The van der Waals surface area contributed by atoms with Crippen LogP contribution in [0.1, 0.15) is 16.1 Å². The van der Waals surface area contributed by atoms with Crippen molar-refractivity contribution in [2.24, 2.45) is 0 Å². The monoisotopic (exact) mass is 261 g/mol. The van der Waals surface area contributed by atoms with Gasteiger partial charge in [-0.05, 0) is 23.8 Å². The highest BCUT2D eigenvalue weighted by Gasteiger charge is 2.07. The van der Waals surface area contributed by atoms with E-state index in [4.69, 9.17) is 4.74 Å². The van der Waals surface area contributed by atoms with Crippen LogP contribution in [0.3, 0.4) is 0 Å². The number of ether oxygens (including phenoxy) is 1. The molecular weight excluding hydrogens is 249 g/mol. The smallest absolute Gasteiger partial charge is 0.272 e. The molecule has 0 aliphatic rings. The fourth-order valence-corrected chi connectivity index (χ4v) is 1.43. The number of hydrogen-bond donors (Lipinski definition) is 1. The molecule has 1 amide bonds. The van der Waals surface area contributed by atoms with Gasteiger partial charge in [-0.25, -0.2) is 4.39 Å². The Morgan fingerprint density at radius 3 is 2.53 bits per heavy atom. The molecule has 0 radical (unpaired) electrons. The maximum atomic E-state index is 12.7. The van der Waals surface area contributed by atoms with Gasteiger partial charge in [0.2, 0.25) is 5.88 Å². The van der Waals surface area contributed by atoms with Crippen LogP contribution in [0.4, 0.5) is 4.39 Å². The van der Waals surface area contributed by atoms with Crippen molar-refractivity contribution in [1.82, 2.24) is 15.5 Å². The van der Waals surface area contributed by atoms with Gasteiger partial charge in [-0.1, -0.05) is 12.1 Å². The van der Waals surface area contributed by atoms with Gasteiger partial charge >= 0.3 is 0 Å². The Hall–Kier alpha value is -2.50. The van der Waals surface area contributed by atoms with Gasteiger partial charge in [-0.2, -0.15) is 0 Å². The van der Waals surface area contributed by atoms with Gasteiger partial charge in [-0.15, -0.1) is 10.2 Å². The molecular formula is C13H12FN3O2. The third-order valence-electron chi connectivity index (χ3n) is 2.45. The molecule has 1 N–H and O–H groups in total. The summed E-state index contributed by atoms with van der Waals surface area (Å²) in [6.07, 6.45) is 0. The van der Waals surface area contributed by atoms with E-state index in [9.17, 15) is 9.18 Å². The van der Waals surface area contributed by atoms with Gasteiger partial charge < -0.3 is 10.1 Å². The summed E-state index contributed by atoms with van der Waals surface area (Å²) in [5, 5.41) is 10.1. The summed E-state index contributed by atoms with van der Waals surface area (Å²) in [5.74, 6) is -0.314. The minimum absolute atomic E-state index is 0.197. The molecule has 0 bridgehead atoms. The Balaban J connectivity index is 1.95. The largest absolute Gasteiger partial charge is 0.480 e. The zero-order valence-corrected chi connectivity index (χ0v) is 10.3. The number of halogens is 1. The van der Waals surface area contributed by atoms with Crippen molar-refractivity contribution in [1.29, 1.82) is 0 Å². The normalized spacial score (nSPS) is 10.0. The van der Waals surface area contributed by atoms with Crippen LogP contribution in [0.15, 0.2) is 36.4 Å². The first-order chi connectivity index (χ1) is 9.19. The summed E-state index contributed by atoms with van der Waals surface area (Å²) in [6, 6.07) is 8.97. The van der Waals surface area contributed by atoms with Crippen molar-refractivity contribution in [3.8, 4) is 5.88 Å². The summed E-state index contributed by atoms with van der Waals surface area (Å²) in [7, 11) is 1.47. The zero-order chi connectivity index (χ0) is 13.7. The van der Waals surface area contributed by atoms with Crippen LogP contribution in [-0.2, 0) is 6.54 Å². The molecule has 1 heterocycles. The van der Waals surface area contributed by atoms with E-state index in [-0.39, 0.29) is 17.4 Å². The Morgan fingerprint density at radius 1 is 1.21 bits per heavy atom. The second kappa shape index (κ2) is 5.90. The summed E-state index contributed by atoms with van der Waals surface area (Å²) >= 11 is 0. The SMILES string of the molecule is COc1ccc(C(=O)NCc2ccc(F)cc2)nn1. The molecule has 5 nitrogen and oxygen atoms in total. The van der Waals surface area contributed by atoms with Crippen molar-refractivity contribution >= 4 is 5.91 Å². The lowest BCUT2D eigenvalue weighted by molar-refractivity contribution is 0.0944. The first kappa shape index (κ1) is 12.9. The molecule has 0 unspecified atom stereocenters. The van der Waals surface area contributed by atoms with Gasteiger partial charge in [0.15, 0.2) is 5.69 Å². The Kier molecular flexibility index (Phi) is 4.02. The number of benzene rings is 1. The topological polar surface area (TPSA) is 64.1 Å². The second-order valence-corrected chi connectivity index (χ2v) is 3.77. The van der Waals surface area contributed by atoms with Crippen LogP contribution >= 0.6 is 0 Å². The highest BCUT2D eigenvalue weighted by Crippen LogP contribution is 2.05. The molecule has 0 spiro atoms. The van der Waals surface area contributed by atoms with Crippen molar-refractivity contribution in [2.75, 3.05) is 7.11 Å². The third-order valence-corrected chi connectivity index (χ3v) is 2.45. The van der Waals surface area contributed by atoms with Gasteiger partial charge in [0.05, 0.1) is 7.11 Å². The van der Waals surface area contributed by atoms with Crippen LogP contribution in [-0.4, -0.2) is 23.2 Å². The summed E-state index contributed by atoms with van der Waals surface area (Å²) in [5.41, 5.74) is 0.999. The Morgan fingerprint density at radius 2 is 1.95 bits per heavy atom. The second-order valence-electron chi connectivity index (χ2n) is 3.77. The van der Waals surface area contributed by atoms with E-state index in [0.717, 1.165) is 5.56 Å². The quantitative estimate of drug-likeness (QED) is 0.907. The van der Waals surface area contributed by atoms with Gasteiger partial charge in [0.25, 0.3) is 5.91 Å². The standard InChI is InChI=1S/C13H12FN3O2/c1-19-12-7-6-11(16-17-12)13(18)15-8-9-2-4-10(14)5-3-9/h2-7H,8H2,1H3,(H,15,18). The fourth-order valence-electron chi connectivity index (χ4n) is 1.43. The number of nitrogens with one attached hydrogen (secondary N) is 1. The van der Waals surface area contributed by atoms with Gasteiger partial charge in [0, 0.05) is 12.6 Å². The number of amides is 1. The molecule has 19 heavy (non-hydrogen) atoms. The molecule has 0 saturated heterocycles. The van der Waals surface area contributed by atoms with Crippen LogP contribution in [0.5, 0.6) is 5.88 Å². The average Bonchev–Trinajstić information content (AvgIpc) is 2.46. The first-order valence-electron chi connectivity index (χ1n) is 5.59. The van der Waals surface area contributed by atoms with E-state index in [1.54, 1.807) is 18.2 Å². The first-order valence-corrected chi connectivity index (χ1v) is 5.59. The number of aromatic nitrogens is 2. The lowest BCUT2D eigenvalue weighted by Gasteiger charge is -2.04. The van der Waals surface area contributed by atoms with Gasteiger partial charge in [-0.3, -0.25) is 4.79 Å². The highest BCUT2D eigenvalue weighted by molar-refractivity contribution is 5.92. The van der Waals surface area contributed by atoms with E-state index in [1.807, 2.05) is 0 Å². The molecule has 1 aromatic carbocycles. The van der Waals surface area contributed by atoms with Crippen LogP contribution in [0.2, 0.25) is 0 Å². The Bertz CT molecular complexity index is 555. The van der Waals surface area contributed by atoms with Crippen molar-refractivity contribution < 1.29 is 13.9 Å². The molecule has 0 saturated carbocycles. The third kappa shape index (κ3) is 3.48. The molecule has 0 aliphatic carbocycles. The lowest BCUT2D eigenvalue weighted by Crippen LogP contribution is -2.24. The van der Waals surface area contributed by atoms with Crippen LogP contribution in [0, 0.1) is 5.82 Å². The molecule has 98 valence electrons. The van der Waals surface area contributed by atoms with Crippen molar-refractivity contribution in [3.63, 3.8) is 0 Å². The number of carbonyl (C=O) groups is 1. The highest BCUT2D eigenvalue weighted by atomic mass is 19.1. The minimum atomic E-state index is -0.348. The zero-order valence-electron chi connectivity index (χ0n) is 10.3. The molecule has 0 aliphatic heterocycles. The lowest BCUT2D eigenvalue weighted by atomic mass is 10.2. The van der Waals surface area contributed by atoms with Crippen LogP contribution < -0.4 is 10.1 Å². The summed E-state index contributed by atoms with van der Waals surface area (Å²) < 4.78 is 17.6. The van der Waals surface area contributed by atoms with Crippen LogP contribution in [0.25, 0.3) is 0 Å². The number of hydrogen-bond acceptors (Lipinski definition) is 4.